The zero-order valence-electron chi connectivity index (χ0n) is 11.1. The number of nitrogens with one attached hydrogen (secondary N) is 1. The van der Waals surface area contributed by atoms with Crippen LogP contribution >= 0.6 is 27.5 Å². The molecule has 108 valence electrons. The van der Waals surface area contributed by atoms with Gasteiger partial charge in [-0.15, -0.1) is 11.6 Å². The van der Waals surface area contributed by atoms with E-state index in [1.54, 1.807) is 17.8 Å². The van der Waals surface area contributed by atoms with Crippen molar-refractivity contribution < 1.29 is 9.21 Å². The number of amides is 1. The van der Waals surface area contributed by atoms with Crippen molar-refractivity contribution in [1.82, 2.24) is 9.78 Å². The van der Waals surface area contributed by atoms with Gasteiger partial charge in [0.2, 0.25) is 5.91 Å². The van der Waals surface area contributed by atoms with Gasteiger partial charge in [-0.25, -0.2) is 0 Å². The standard InChI is InChI=1S/C14H11BrClN3O2/c1-19-10(6-13(18-19)17-14(20)7-16)12-5-8-4-9(15)2-3-11(8)21-12/h2-6H,7H2,1H3,(H,17,18,20). The van der Waals surface area contributed by atoms with Crippen LogP contribution in [0.25, 0.3) is 22.4 Å². The number of hydrogen-bond acceptors (Lipinski definition) is 3. The molecular formula is C14H11BrClN3O2. The number of carbonyl (C=O) groups is 1. The second kappa shape index (κ2) is 5.54. The molecule has 1 N–H and O–H groups in total. The lowest BCUT2D eigenvalue weighted by atomic mass is 10.2. The maximum absolute atomic E-state index is 11.3. The van der Waals surface area contributed by atoms with Crippen LogP contribution in [0, 0.1) is 0 Å². The fourth-order valence-corrected chi connectivity index (χ4v) is 2.52. The predicted molar refractivity (Wildman–Crippen MR) is 85.5 cm³/mol. The third-order valence-electron chi connectivity index (χ3n) is 3.00. The van der Waals surface area contributed by atoms with Gasteiger partial charge in [0, 0.05) is 23.0 Å². The summed E-state index contributed by atoms with van der Waals surface area (Å²) < 4.78 is 8.45. The van der Waals surface area contributed by atoms with Crippen molar-refractivity contribution in [1.29, 1.82) is 0 Å². The van der Waals surface area contributed by atoms with E-state index in [0.717, 1.165) is 21.1 Å². The lowest BCUT2D eigenvalue weighted by molar-refractivity contribution is -0.113. The first-order valence-electron chi connectivity index (χ1n) is 6.16. The fourth-order valence-electron chi connectivity index (χ4n) is 2.08. The van der Waals surface area contributed by atoms with E-state index >= 15 is 0 Å². The van der Waals surface area contributed by atoms with Crippen molar-refractivity contribution in [2.75, 3.05) is 11.2 Å². The number of fused-ring (bicyclic) bond motifs is 1. The number of benzene rings is 1. The molecular weight excluding hydrogens is 358 g/mol. The van der Waals surface area contributed by atoms with E-state index in [2.05, 4.69) is 26.3 Å². The maximum atomic E-state index is 11.3. The second-order valence-electron chi connectivity index (χ2n) is 4.51. The minimum absolute atomic E-state index is 0.107. The van der Waals surface area contributed by atoms with Gasteiger partial charge in [0.1, 0.15) is 17.2 Å². The van der Waals surface area contributed by atoms with Gasteiger partial charge in [-0.05, 0) is 24.3 Å². The Kier molecular flexibility index (Phi) is 3.73. The number of halogens is 2. The maximum Gasteiger partial charge on any atom is 0.240 e. The number of furan rings is 1. The quantitative estimate of drug-likeness (QED) is 0.716. The van der Waals surface area contributed by atoms with Gasteiger partial charge < -0.3 is 9.73 Å². The summed E-state index contributed by atoms with van der Waals surface area (Å²) >= 11 is 8.90. The highest BCUT2D eigenvalue weighted by Gasteiger charge is 2.13. The van der Waals surface area contributed by atoms with E-state index in [1.165, 1.54) is 0 Å². The molecule has 0 radical (unpaired) electrons. The number of aromatic nitrogens is 2. The number of rotatable bonds is 3. The lowest BCUT2D eigenvalue weighted by Crippen LogP contribution is -2.13. The number of aryl methyl sites for hydroxylation is 1. The molecule has 1 amide bonds. The highest BCUT2D eigenvalue weighted by atomic mass is 79.9. The molecule has 2 heterocycles. The average Bonchev–Trinajstić information content (AvgIpc) is 3.01. The summed E-state index contributed by atoms with van der Waals surface area (Å²) in [6.45, 7) is 0. The van der Waals surface area contributed by atoms with E-state index < -0.39 is 0 Å². The van der Waals surface area contributed by atoms with E-state index in [0.29, 0.717) is 11.6 Å². The molecule has 7 heteroatoms. The summed E-state index contributed by atoms with van der Waals surface area (Å²) in [4.78, 5) is 11.3. The van der Waals surface area contributed by atoms with Crippen LogP contribution in [0.2, 0.25) is 0 Å². The molecule has 1 aromatic carbocycles. The number of nitrogens with zero attached hydrogens (tertiary/aromatic N) is 2. The summed E-state index contributed by atoms with van der Waals surface area (Å²) in [6, 6.07) is 9.48. The third kappa shape index (κ3) is 2.82. The van der Waals surface area contributed by atoms with Crippen LogP contribution in [0.15, 0.2) is 39.2 Å². The Morgan fingerprint density at radius 1 is 1.43 bits per heavy atom. The van der Waals surface area contributed by atoms with Crippen molar-refractivity contribution in [2.45, 2.75) is 0 Å². The molecule has 0 aliphatic rings. The highest BCUT2D eigenvalue weighted by molar-refractivity contribution is 9.10. The minimum Gasteiger partial charge on any atom is -0.454 e. The summed E-state index contributed by atoms with van der Waals surface area (Å²) in [6.07, 6.45) is 0. The van der Waals surface area contributed by atoms with E-state index in [9.17, 15) is 4.79 Å². The van der Waals surface area contributed by atoms with Crippen LogP contribution in [-0.2, 0) is 11.8 Å². The molecule has 0 atom stereocenters. The van der Waals surface area contributed by atoms with Gasteiger partial charge in [-0.3, -0.25) is 9.48 Å². The molecule has 3 rings (SSSR count). The van der Waals surface area contributed by atoms with Gasteiger partial charge in [-0.2, -0.15) is 5.10 Å². The van der Waals surface area contributed by atoms with Crippen LogP contribution < -0.4 is 5.32 Å². The Balaban J connectivity index is 2.00. The highest BCUT2D eigenvalue weighted by Crippen LogP contribution is 2.30. The van der Waals surface area contributed by atoms with Crippen LogP contribution in [0.5, 0.6) is 0 Å². The molecule has 0 aliphatic heterocycles. The zero-order valence-corrected chi connectivity index (χ0v) is 13.4. The number of alkyl halides is 1. The van der Waals surface area contributed by atoms with Crippen molar-refractivity contribution >= 4 is 50.2 Å². The minimum atomic E-state index is -0.296. The topological polar surface area (TPSA) is 60.1 Å². The van der Waals surface area contributed by atoms with E-state index in [-0.39, 0.29) is 11.8 Å². The molecule has 5 nitrogen and oxygen atoms in total. The predicted octanol–water partition coefficient (Wildman–Crippen LogP) is 3.77. The molecule has 0 bridgehead atoms. The number of anilines is 1. The Morgan fingerprint density at radius 2 is 2.24 bits per heavy atom. The Bertz CT molecular complexity index is 825. The summed E-state index contributed by atoms with van der Waals surface area (Å²) in [5.41, 5.74) is 1.56. The van der Waals surface area contributed by atoms with Crippen LogP contribution in [-0.4, -0.2) is 21.6 Å². The Morgan fingerprint density at radius 3 is 3.00 bits per heavy atom. The fraction of sp³-hybridized carbons (Fsp3) is 0.143. The summed E-state index contributed by atoms with van der Waals surface area (Å²) in [5.74, 6) is 0.726. The molecule has 3 aromatic rings. The molecule has 0 saturated carbocycles. The molecule has 0 saturated heterocycles. The molecule has 0 spiro atoms. The Labute approximate surface area is 134 Å². The van der Waals surface area contributed by atoms with Crippen LogP contribution in [0.3, 0.4) is 0 Å². The SMILES string of the molecule is Cn1nc(NC(=O)CCl)cc1-c1cc2cc(Br)ccc2o1. The monoisotopic (exact) mass is 367 g/mol. The number of carbonyl (C=O) groups excluding carboxylic acids is 1. The molecule has 0 unspecified atom stereocenters. The number of hydrogen-bond donors (Lipinski definition) is 1. The smallest absolute Gasteiger partial charge is 0.240 e. The molecule has 0 aliphatic carbocycles. The van der Waals surface area contributed by atoms with E-state index in [4.69, 9.17) is 16.0 Å². The molecule has 21 heavy (non-hydrogen) atoms. The third-order valence-corrected chi connectivity index (χ3v) is 3.74. The normalized spacial score (nSPS) is 11.0. The van der Waals surface area contributed by atoms with Gasteiger partial charge in [0.05, 0.1) is 0 Å². The van der Waals surface area contributed by atoms with Gasteiger partial charge >= 0.3 is 0 Å². The zero-order chi connectivity index (χ0) is 15.0. The molecule has 2 aromatic heterocycles. The summed E-state index contributed by atoms with van der Waals surface area (Å²) in [5, 5.41) is 7.83. The largest absolute Gasteiger partial charge is 0.454 e. The lowest BCUT2D eigenvalue weighted by Gasteiger charge is -1.95. The second-order valence-corrected chi connectivity index (χ2v) is 5.70. The van der Waals surface area contributed by atoms with Crippen molar-refractivity contribution in [3.63, 3.8) is 0 Å². The van der Waals surface area contributed by atoms with Gasteiger partial charge in [0.25, 0.3) is 0 Å². The van der Waals surface area contributed by atoms with Crippen LogP contribution in [0.1, 0.15) is 0 Å². The van der Waals surface area contributed by atoms with E-state index in [1.807, 2.05) is 24.3 Å². The first kappa shape index (κ1) is 14.2. The summed E-state index contributed by atoms with van der Waals surface area (Å²) in [7, 11) is 1.79. The van der Waals surface area contributed by atoms with Gasteiger partial charge in [0.15, 0.2) is 11.6 Å². The van der Waals surface area contributed by atoms with Crippen LogP contribution in [0.4, 0.5) is 5.82 Å². The Hall–Kier alpha value is -1.79. The van der Waals surface area contributed by atoms with Crippen molar-refractivity contribution in [3.8, 4) is 11.5 Å². The van der Waals surface area contributed by atoms with Crippen molar-refractivity contribution in [3.05, 3.63) is 34.8 Å². The first-order chi connectivity index (χ1) is 10.1. The van der Waals surface area contributed by atoms with Crippen molar-refractivity contribution in [2.24, 2.45) is 7.05 Å². The molecule has 0 fully saturated rings. The van der Waals surface area contributed by atoms with Gasteiger partial charge in [-0.1, -0.05) is 15.9 Å². The average molecular weight is 369 g/mol. The first-order valence-corrected chi connectivity index (χ1v) is 7.49.